The molecule has 9 nitrogen and oxygen atoms in total. The van der Waals surface area contributed by atoms with Crippen LogP contribution < -0.4 is 0 Å². The molecular weight excluding hydrogens is 707 g/mol. The van der Waals surface area contributed by atoms with E-state index in [1.165, 1.54) is 49.6 Å². The number of hydrogen-bond donors (Lipinski definition) is 0. The van der Waals surface area contributed by atoms with Gasteiger partial charge in [-0.05, 0) is 132 Å². The third-order valence-electron chi connectivity index (χ3n) is 14.7. The van der Waals surface area contributed by atoms with E-state index in [9.17, 15) is 9.59 Å². The topological polar surface area (TPSA) is 79.5 Å². The number of hydrogen-bond acceptors (Lipinski definition) is 5. The van der Waals surface area contributed by atoms with Crippen LogP contribution in [-0.4, -0.2) is 84.4 Å². The Kier molecular flexibility index (Phi) is 13.0. The molecule has 0 N–H and O–H groups in total. The number of imidazole rings is 2. The van der Waals surface area contributed by atoms with Crippen LogP contribution in [0.2, 0.25) is 0 Å². The number of nitrogens with zero attached hydrogens (tertiary/aromatic N) is 7. The van der Waals surface area contributed by atoms with Gasteiger partial charge in [-0.15, -0.1) is 0 Å². The average Bonchev–Trinajstić information content (AvgIpc) is 3.80. The second-order valence-electron chi connectivity index (χ2n) is 18.2. The SMILES string of the molecule is CCC1CCN(Cc2nc3cc(C4CCC(c5nc6ccccc6n5CCC(=O)N5CCC(C)CC5)CC4)ccc3n2CCC(=O)N(CC)C2CCCCC2)CC1. The van der Waals surface area contributed by atoms with Gasteiger partial charge in [0.15, 0.2) is 0 Å². The molecule has 2 aliphatic heterocycles. The summed E-state index contributed by atoms with van der Waals surface area (Å²) in [4.78, 5) is 44.4. The summed E-state index contributed by atoms with van der Waals surface area (Å²) in [5.41, 5.74) is 5.83. The van der Waals surface area contributed by atoms with E-state index < -0.39 is 0 Å². The molecule has 0 unspecified atom stereocenters. The quantitative estimate of drug-likeness (QED) is 0.135. The summed E-state index contributed by atoms with van der Waals surface area (Å²) < 4.78 is 4.75. The molecule has 308 valence electrons. The first kappa shape index (κ1) is 40.1. The number of benzene rings is 2. The summed E-state index contributed by atoms with van der Waals surface area (Å²) in [6.07, 6.45) is 17.6. The molecule has 0 atom stereocenters. The number of aryl methyl sites for hydroxylation is 2. The van der Waals surface area contributed by atoms with Gasteiger partial charge in [-0.2, -0.15) is 0 Å². The van der Waals surface area contributed by atoms with Crippen LogP contribution in [0.4, 0.5) is 0 Å². The second kappa shape index (κ2) is 18.5. The van der Waals surface area contributed by atoms with Crippen molar-refractivity contribution in [2.24, 2.45) is 11.8 Å². The van der Waals surface area contributed by atoms with Crippen LogP contribution in [0.1, 0.15) is 153 Å². The zero-order chi connectivity index (χ0) is 39.3. The fraction of sp³-hybridized carbons (Fsp3) is 0.667. The maximum absolute atomic E-state index is 13.7. The van der Waals surface area contributed by atoms with Gasteiger partial charge in [0, 0.05) is 57.5 Å². The van der Waals surface area contributed by atoms with E-state index in [0.717, 1.165) is 125 Å². The van der Waals surface area contributed by atoms with Crippen LogP contribution in [-0.2, 0) is 29.2 Å². The standard InChI is InChI=1S/C48H69N7O2/c1-4-36-23-27-51(28-24-36)34-45-49-42-33-39(19-20-44(42)54(45)31-26-47(57)53(5-2)40-11-7-6-8-12-40)37-15-17-38(18-16-37)48-50-41-13-9-10-14-43(41)55(48)32-25-46(56)52-29-21-35(3)22-30-52/h9-10,13-14,19-20,33,35-38,40H,4-8,11-12,15-18,21-32,34H2,1-3H3. The fourth-order valence-corrected chi connectivity index (χ4v) is 10.9. The molecule has 4 fully saturated rings. The molecule has 0 bridgehead atoms. The zero-order valence-corrected chi connectivity index (χ0v) is 35.3. The largest absolute Gasteiger partial charge is 0.343 e. The number of para-hydroxylation sites is 2. The Morgan fingerprint density at radius 1 is 0.719 bits per heavy atom. The molecule has 2 amide bonds. The lowest BCUT2D eigenvalue weighted by molar-refractivity contribution is -0.134. The molecule has 2 aromatic carbocycles. The second-order valence-corrected chi connectivity index (χ2v) is 18.2. The van der Waals surface area contributed by atoms with Gasteiger partial charge in [-0.1, -0.05) is 57.7 Å². The lowest BCUT2D eigenvalue weighted by Crippen LogP contribution is -2.41. The molecule has 0 spiro atoms. The van der Waals surface area contributed by atoms with Crippen LogP contribution in [0.25, 0.3) is 22.1 Å². The number of likely N-dealkylation sites (tertiary alicyclic amines) is 2. The first-order chi connectivity index (χ1) is 27.9. The number of rotatable bonds is 13. The first-order valence-electron chi connectivity index (χ1n) is 23.1. The minimum atomic E-state index is 0.283. The highest BCUT2D eigenvalue weighted by atomic mass is 16.2. The van der Waals surface area contributed by atoms with Crippen LogP contribution in [0.15, 0.2) is 42.5 Å². The van der Waals surface area contributed by atoms with E-state index in [1.54, 1.807) is 0 Å². The number of carbonyl (C=O) groups is 2. The predicted molar refractivity (Wildman–Crippen MR) is 230 cm³/mol. The molecular formula is C48H69N7O2. The molecule has 57 heavy (non-hydrogen) atoms. The first-order valence-corrected chi connectivity index (χ1v) is 23.1. The third kappa shape index (κ3) is 9.14. The van der Waals surface area contributed by atoms with Gasteiger partial charge in [0.2, 0.25) is 11.8 Å². The minimum absolute atomic E-state index is 0.283. The van der Waals surface area contributed by atoms with Crippen molar-refractivity contribution in [2.45, 2.75) is 161 Å². The fourth-order valence-electron chi connectivity index (χ4n) is 10.9. The van der Waals surface area contributed by atoms with Crippen LogP contribution in [0.3, 0.4) is 0 Å². The van der Waals surface area contributed by atoms with E-state index >= 15 is 0 Å². The Balaban J connectivity index is 0.967. The Labute approximate surface area is 341 Å². The number of carbonyl (C=O) groups excluding carboxylic acids is 2. The molecule has 2 saturated carbocycles. The smallest absolute Gasteiger partial charge is 0.224 e. The third-order valence-corrected chi connectivity index (χ3v) is 14.7. The summed E-state index contributed by atoms with van der Waals surface area (Å²) in [6.45, 7) is 13.8. The van der Waals surface area contributed by atoms with E-state index in [1.807, 2.05) is 0 Å². The van der Waals surface area contributed by atoms with Gasteiger partial charge in [-0.25, -0.2) is 9.97 Å². The average molecular weight is 776 g/mol. The predicted octanol–water partition coefficient (Wildman–Crippen LogP) is 9.67. The van der Waals surface area contributed by atoms with Gasteiger partial charge in [-0.3, -0.25) is 14.5 Å². The molecule has 8 rings (SSSR count). The highest BCUT2D eigenvalue weighted by Crippen LogP contribution is 2.42. The maximum atomic E-state index is 13.7. The molecule has 4 aromatic rings. The summed E-state index contributed by atoms with van der Waals surface area (Å²) in [7, 11) is 0. The zero-order valence-electron chi connectivity index (χ0n) is 35.3. The molecule has 2 aliphatic carbocycles. The minimum Gasteiger partial charge on any atom is -0.343 e. The molecule has 0 radical (unpaired) electrons. The van der Waals surface area contributed by atoms with Crippen LogP contribution in [0, 0.1) is 11.8 Å². The van der Waals surface area contributed by atoms with Crippen molar-refractivity contribution < 1.29 is 9.59 Å². The summed E-state index contributed by atoms with van der Waals surface area (Å²) in [5, 5.41) is 0. The van der Waals surface area contributed by atoms with Crippen molar-refractivity contribution in [3.05, 3.63) is 59.7 Å². The Bertz CT molecular complexity index is 1950. The van der Waals surface area contributed by atoms with Crippen molar-refractivity contribution in [3.8, 4) is 0 Å². The molecule has 4 heterocycles. The number of amides is 2. The van der Waals surface area contributed by atoms with Crippen LogP contribution in [0.5, 0.6) is 0 Å². The van der Waals surface area contributed by atoms with Gasteiger partial charge in [0.1, 0.15) is 11.6 Å². The molecule has 9 heteroatoms. The van der Waals surface area contributed by atoms with E-state index in [0.29, 0.717) is 55.6 Å². The van der Waals surface area contributed by atoms with E-state index in [4.69, 9.17) is 9.97 Å². The summed E-state index contributed by atoms with van der Waals surface area (Å²) in [6, 6.07) is 15.9. The van der Waals surface area contributed by atoms with Gasteiger partial charge in [0.25, 0.3) is 0 Å². The van der Waals surface area contributed by atoms with Gasteiger partial charge >= 0.3 is 0 Å². The molecule has 2 saturated heterocycles. The normalized spacial score (nSPS) is 22.1. The number of fused-ring (bicyclic) bond motifs is 2. The van der Waals surface area contributed by atoms with Crippen LogP contribution >= 0.6 is 0 Å². The molecule has 4 aliphatic rings. The van der Waals surface area contributed by atoms with Crippen molar-refractivity contribution in [3.63, 3.8) is 0 Å². The number of piperidine rings is 2. The highest BCUT2D eigenvalue weighted by Gasteiger charge is 2.30. The van der Waals surface area contributed by atoms with Gasteiger partial charge in [0.05, 0.1) is 28.6 Å². The lowest BCUT2D eigenvalue weighted by Gasteiger charge is -2.34. The number of aromatic nitrogens is 4. The van der Waals surface area contributed by atoms with Crippen molar-refractivity contribution in [1.82, 2.24) is 33.8 Å². The Morgan fingerprint density at radius 3 is 2.16 bits per heavy atom. The summed E-state index contributed by atoms with van der Waals surface area (Å²) in [5.74, 6) is 5.29. The van der Waals surface area contributed by atoms with Crippen molar-refractivity contribution in [2.75, 3.05) is 32.7 Å². The highest BCUT2D eigenvalue weighted by molar-refractivity contribution is 5.80. The van der Waals surface area contributed by atoms with E-state index in [-0.39, 0.29) is 5.91 Å². The lowest BCUT2D eigenvalue weighted by atomic mass is 9.78. The maximum Gasteiger partial charge on any atom is 0.224 e. The van der Waals surface area contributed by atoms with E-state index in [2.05, 4.69) is 87.1 Å². The molecule has 2 aromatic heterocycles. The Morgan fingerprint density at radius 2 is 1.42 bits per heavy atom. The Hall–Kier alpha value is -3.72. The van der Waals surface area contributed by atoms with Gasteiger partial charge < -0.3 is 18.9 Å². The van der Waals surface area contributed by atoms with Crippen molar-refractivity contribution in [1.29, 1.82) is 0 Å². The summed E-state index contributed by atoms with van der Waals surface area (Å²) >= 11 is 0. The van der Waals surface area contributed by atoms with Crippen molar-refractivity contribution >= 4 is 33.9 Å². The monoisotopic (exact) mass is 776 g/mol.